The number of rotatable bonds is 3. The van der Waals surface area contributed by atoms with Crippen LogP contribution in [0.4, 0.5) is 0 Å². The first-order valence-electron chi connectivity index (χ1n) is 3.92. The van der Waals surface area contributed by atoms with Gasteiger partial charge in [0.2, 0.25) is 0 Å². The van der Waals surface area contributed by atoms with Crippen molar-refractivity contribution in [2.24, 2.45) is 0 Å². The number of hydrogen-bond donors (Lipinski definition) is 0. The van der Waals surface area contributed by atoms with E-state index in [4.69, 9.17) is 16.3 Å². The van der Waals surface area contributed by atoms with Gasteiger partial charge in [-0.05, 0) is 24.1 Å². The molecule has 0 radical (unpaired) electrons. The Bertz CT molecular complexity index is 297. The fraction of sp³-hybridized carbons (Fsp3) is 0.300. The van der Waals surface area contributed by atoms with Gasteiger partial charge in [-0.15, -0.1) is 0 Å². The van der Waals surface area contributed by atoms with Gasteiger partial charge >= 0.3 is 0 Å². The molecule has 1 atom stereocenters. The van der Waals surface area contributed by atoms with E-state index in [0.717, 1.165) is 5.56 Å². The third-order valence-corrected chi connectivity index (χ3v) is 2.47. The molecular weight excluding hydrogens is 188 g/mol. The molecule has 0 aliphatic heterocycles. The summed E-state index contributed by atoms with van der Waals surface area (Å²) in [5.74, 6) is 0. The van der Waals surface area contributed by atoms with Gasteiger partial charge in [-0.3, -0.25) is 4.79 Å². The van der Waals surface area contributed by atoms with Crippen LogP contribution >= 0.6 is 11.6 Å². The average molecular weight is 199 g/mol. The Labute approximate surface area is 82.5 Å². The van der Waals surface area contributed by atoms with Crippen LogP contribution < -0.4 is 0 Å². The molecule has 0 unspecified atom stereocenters. The van der Waals surface area contributed by atoms with Crippen molar-refractivity contribution in [3.05, 3.63) is 35.9 Å². The second-order valence-electron chi connectivity index (χ2n) is 2.88. The molecule has 70 valence electrons. The number of carbonyl (C=O) groups is 1. The van der Waals surface area contributed by atoms with E-state index in [-0.39, 0.29) is 0 Å². The zero-order valence-corrected chi connectivity index (χ0v) is 8.34. The lowest BCUT2D eigenvalue weighted by molar-refractivity contribution is -0.131. The minimum atomic E-state index is -1.04. The summed E-state index contributed by atoms with van der Waals surface area (Å²) < 4.78 is 5.10. The van der Waals surface area contributed by atoms with Crippen LogP contribution in [-0.2, 0) is 15.1 Å². The van der Waals surface area contributed by atoms with Gasteiger partial charge in [-0.2, -0.15) is 0 Å². The third kappa shape index (κ3) is 1.90. The first kappa shape index (κ1) is 10.2. The van der Waals surface area contributed by atoms with Gasteiger partial charge in [0.05, 0.1) is 0 Å². The largest absolute Gasteiger partial charge is 0.365 e. The summed E-state index contributed by atoms with van der Waals surface area (Å²) in [5, 5.41) is -0.513. The van der Waals surface area contributed by atoms with Crippen molar-refractivity contribution >= 4 is 16.8 Å². The number of hydrogen-bond acceptors (Lipinski definition) is 2. The maximum atomic E-state index is 11.1. The van der Waals surface area contributed by atoms with Crippen LogP contribution in [-0.4, -0.2) is 12.4 Å². The van der Waals surface area contributed by atoms with Crippen LogP contribution in [0.5, 0.6) is 0 Å². The summed E-state index contributed by atoms with van der Waals surface area (Å²) in [6, 6.07) is 9.17. The first-order chi connectivity index (χ1) is 6.11. The smallest absolute Gasteiger partial charge is 0.257 e. The van der Waals surface area contributed by atoms with Gasteiger partial charge in [0.1, 0.15) is 0 Å². The Kier molecular flexibility index (Phi) is 3.07. The molecule has 0 fully saturated rings. The Morgan fingerprint density at radius 2 is 1.92 bits per heavy atom. The lowest BCUT2D eigenvalue weighted by Gasteiger charge is -2.23. The van der Waals surface area contributed by atoms with Gasteiger partial charge in [-0.1, -0.05) is 30.3 Å². The molecule has 1 aromatic carbocycles. The number of carbonyl (C=O) groups excluding carboxylic acids is 1. The number of halogens is 1. The van der Waals surface area contributed by atoms with Crippen LogP contribution in [0.25, 0.3) is 0 Å². The monoisotopic (exact) mass is 198 g/mol. The highest BCUT2D eigenvalue weighted by Gasteiger charge is 2.33. The molecule has 0 aromatic heterocycles. The molecule has 2 nitrogen and oxygen atoms in total. The summed E-state index contributed by atoms with van der Waals surface area (Å²) in [7, 11) is 1.47. The van der Waals surface area contributed by atoms with Crippen LogP contribution in [0.3, 0.4) is 0 Å². The lowest BCUT2D eigenvalue weighted by Crippen LogP contribution is -2.31. The fourth-order valence-electron chi connectivity index (χ4n) is 1.07. The maximum absolute atomic E-state index is 11.1. The van der Waals surface area contributed by atoms with Crippen molar-refractivity contribution in [1.29, 1.82) is 0 Å². The molecule has 0 aliphatic carbocycles. The van der Waals surface area contributed by atoms with E-state index < -0.39 is 10.8 Å². The van der Waals surface area contributed by atoms with Crippen LogP contribution in [0.1, 0.15) is 12.5 Å². The molecule has 0 bridgehead atoms. The fourth-order valence-corrected chi connectivity index (χ4v) is 1.25. The quantitative estimate of drug-likeness (QED) is 0.697. The first-order valence-corrected chi connectivity index (χ1v) is 4.29. The predicted molar refractivity (Wildman–Crippen MR) is 51.7 cm³/mol. The maximum Gasteiger partial charge on any atom is 0.257 e. The summed E-state index contributed by atoms with van der Waals surface area (Å²) in [6.07, 6.45) is 0. The molecule has 1 aromatic rings. The van der Waals surface area contributed by atoms with Crippen LogP contribution in [0.2, 0.25) is 0 Å². The molecule has 0 heterocycles. The van der Waals surface area contributed by atoms with Crippen molar-refractivity contribution in [2.45, 2.75) is 12.5 Å². The zero-order chi connectivity index (χ0) is 9.90. The lowest BCUT2D eigenvalue weighted by atomic mass is 9.97. The summed E-state index contributed by atoms with van der Waals surface area (Å²) in [4.78, 5) is 11.1. The van der Waals surface area contributed by atoms with E-state index in [9.17, 15) is 4.79 Å². The average Bonchev–Trinajstić information content (AvgIpc) is 2.17. The summed E-state index contributed by atoms with van der Waals surface area (Å²) in [5.41, 5.74) is -0.277. The standard InChI is InChI=1S/C10H11ClO2/c1-10(13-2,9(11)12)8-6-4-3-5-7-8/h3-7H,1-2H3/t10-/m0/s1. The van der Waals surface area contributed by atoms with E-state index >= 15 is 0 Å². The second-order valence-corrected chi connectivity index (χ2v) is 3.22. The topological polar surface area (TPSA) is 26.3 Å². The normalized spacial score (nSPS) is 15.0. The molecule has 0 amide bonds. The van der Waals surface area contributed by atoms with Crippen LogP contribution in [0.15, 0.2) is 30.3 Å². The zero-order valence-electron chi connectivity index (χ0n) is 7.58. The number of benzene rings is 1. The van der Waals surface area contributed by atoms with E-state index in [1.165, 1.54) is 7.11 Å². The molecular formula is C10H11ClO2. The van der Waals surface area contributed by atoms with Gasteiger partial charge in [0.15, 0.2) is 5.60 Å². The number of ether oxygens (including phenoxy) is 1. The second kappa shape index (κ2) is 3.90. The van der Waals surface area contributed by atoms with Crippen molar-refractivity contribution < 1.29 is 9.53 Å². The molecule has 0 spiro atoms. The van der Waals surface area contributed by atoms with Crippen molar-refractivity contribution in [1.82, 2.24) is 0 Å². The minimum Gasteiger partial charge on any atom is -0.365 e. The molecule has 3 heteroatoms. The third-order valence-electron chi connectivity index (χ3n) is 2.11. The molecule has 0 aliphatic rings. The molecule has 0 saturated heterocycles. The van der Waals surface area contributed by atoms with Gasteiger partial charge < -0.3 is 4.74 Å². The van der Waals surface area contributed by atoms with Crippen molar-refractivity contribution in [3.8, 4) is 0 Å². The van der Waals surface area contributed by atoms with E-state index in [0.29, 0.717) is 0 Å². The van der Waals surface area contributed by atoms with Gasteiger partial charge in [0.25, 0.3) is 5.24 Å². The number of methoxy groups -OCH3 is 1. The van der Waals surface area contributed by atoms with Gasteiger partial charge in [-0.25, -0.2) is 0 Å². The highest BCUT2D eigenvalue weighted by molar-refractivity contribution is 6.65. The highest BCUT2D eigenvalue weighted by Crippen LogP contribution is 2.26. The van der Waals surface area contributed by atoms with E-state index in [2.05, 4.69) is 0 Å². The minimum absolute atomic E-state index is 0.513. The Morgan fingerprint density at radius 3 is 2.31 bits per heavy atom. The molecule has 1 rings (SSSR count). The summed E-state index contributed by atoms with van der Waals surface area (Å²) in [6.45, 7) is 1.65. The Morgan fingerprint density at radius 1 is 1.38 bits per heavy atom. The Balaban J connectivity index is 3.11. The SMILES string of the molecule is CO[C@](C)(C(=O)Cl)c1ccccc1. The van der Waals surface area contributed by atoms with Gasteiger partial charge in [0, 0.05) is 7.11 Å². The van der Waals surface area contributed by atoms with E-state index in [1.54, 1.807) is 6.92 Å². The van der Waals surface area contributed by atoms with Crippen molar-refractivity contribution in [2.75, 3.05) is 7.11 Å². The highest BCUT2D eigenvalue weighted by atomic mass is 35.5. The van der Waals surface area contributed by atoms with E-state index in [1.807, 2.05) is 30.3 Å². The molecule has 13 heavy (non-hydrogen) atoms. The van der Waals surface area contributed by atoms with Crippen molar-refractivity contribution in [3.63, 3.8) is 0 Å². The van der Waals surface area contributed by atoms with Crippen LogP contribution in [0, 0.1) is 0 Å². The molecule has 0 saturated carbocycles. The summed E-state index contributed by atoms with van der Waals surface area (Å²) >= 11 is 5.46. The Hall–Kier alpha value is -0.860. The molecule has 0 N–H and O–H groups in total. The predicted octanol–water partition coefficient (Wildman–Crippen LogP) is 2.31.